The van der Waals surface area contributed by atoms with E-state index in [0.717, 1.165) is 42.9 Å². The van der Waals surface area contributed by atoms with Crippen LogP contribution in [-0.2, 0) is 6.54 Å². The van der Waals surface area contributed by atoms with E-state index in [1.165, 1.54) is 12.1 Å². The van der Waals surface area contributed by atoms with Crippen molar-refractivity contribution in [2.75, 3.05) is 32.1 Å². The van der Waals surface area contributed by atoms with Gasteiger partial charge in [-0.15, -0.1) is 0 Å². The summed E-state index contributed by atoms with van der Waals surface area (Å²) < 4.78 is 19.0. The van der Waals surface area contributed by atoms with Crippen LogP contribution in [0.15, 0.2) is 48.5 Å². The molecule has 0 aliphatic carbocycles. The third-order valence-corrected chi connectivity index (χ3v) is 5.34. The van der Waals surface area contributed by atoms with E-state index in [0.29, 0.717) is 19.1 Å². The highest BCUT2D eigenvalue weighted by Crippen LogP contribution is 2.22. The molecule has 6 heteroatoms. The Morgan fingerprint density at radius 1 is 1.13 bits per heavy atom. The molecule has 0 atom stereocenters. The van der Waals surface area contributed by atoms with Gasteiger partial charge >= 0.3 is 6.03 Å². The predicted octanol–water partition coefficient (Wildman–Crippen LogP) is 4.99. The maximum atomic E-state index is 13.3. The minimum atomic E-state index is -0.270. The quantitative estimate of drug-likeness (QED) is 0.696. The van der Waals surface area contributed by atoms with Crippen LogP contribution in [0.1, 0.15) is 32.3 Å². The Morgan fingerprint density at radius 3 is 2.37 bits per heavy atom. The van der Waals surface area contributed by atoms with Crippen LogP contribution in [0.3, 0.4) is 0 Å². The molecular weight excluding hydrogens is 381 g/mol. The highest BCUT2D eigenvalue weighted by atomic mass is 19.1. The van der Waals surface area contributed by atoms with Crippen LogP contribution in [-0.4, -0.2) is 48.6 Å². The largest absolute Gasteiger partial charge is 0.493 e. The van der Waals surface area contributed by atoms with E-state index in [1.807, 2.05) is 29.2 Å². The number of hydrogen-bond acceptors (Lipinski definition) is 3. The average Bonchev–Trinajstić information content (AvgIpc) is 2.73. The molecule has 0 bridgehead atoms. The number of rotatable bonds is 7. The van der Waals surface area contributed by atoms with Crippen LogP contribution in [0.2, 0.25) is 0 Å². The van der Waals surface area contributed by atoms with Gasteiger partial charge in [-0.2, -0.15) is 0 Å². The van der Waals surface area contributed by atoms with Crippen LogP contribution in [0.5, 0.6) is 5.75 Å². The standard InChI is InChI=1S/C24H32FN3O2/c1-18(2)17-30-23-10-8-21(9-11-23)26-24(29)28(22-12-14-27(3)15-13-22)16-19-4-6-20(25)7-5-19/h4-11,18,22H,12-17H2,1-3H3,(H,26,29). The first-order valence-electron chi connectivity index (χ1n) is 10.6. The molecule has 1 fully saturated rings. The molecule has 0 aromatic heterocycles. The van der Waals surface area contributed by atoms with E-state index in [4.69, 9.17) is 4.74 Å². The van der Waals surface area contributed by atoms with E-state index >= 15 is 0 Å². The Labute approximate surface area is 178 Å². The van der Waals surface area contributed by atoms with Crippen LogP contribution in [0.25, 0.3) is 0 Å². The summed E-state index contributed by atoms with van der Waals surface area (Å²) in [7, 11) is 2.10. The summed E-state index contributed by atoms with van der Waals surface area (Å²) in [6.45, 7) is 7.24. The first-order valence-corrected chi connectivity index (χ1v) is 10.6. The Hall–Kier alpha value is -2.60. The fourth-order valence-electron chi connectivity index (χ4n) is 3.55. The van der Waals surface area contributed by atoms with Crippen molar-refractivity contribution in [3.05, 3.63) is 59.9 Å². The molecule has 162 valence electrons. The van der Waals surface area contributed by atoms with Gasteiger partial charge in [-0.05, 0) is 80.9 Å². The van der Waals surface area contributed by atoms with Gasteiger partial charge in [0.05, 0.1) is 6.61 Å². The van der Waals surface area contributed by atoms with E-state index in [9.17, 15) is 9.18 Å². The SMILES string of the molecule is CC(C)COc1ccc(NC(=O)N(Cc2ccc(F)cc2)C2CCN(C)CC2)cc1. The number of nitrogens with zero attached hydrogens (tertiary/aromatic N) is 2. The normalized spacial score (nSPS) is 15.2. The summed E-state index contributed by atoms with van der Waals surface area (Å²) in [6.07, 6.45) is 1.85. The predicted molar refractivity (Wildman–Crippen MR) is 118 cm³/mol. The zero-order chi connectivity index (χ0) is 21.5. The third-order valence-electron chi connectivity index (χ3n) is 5.34. The second-order valence-corrected chi connectivity index (χ2v) is 8.45. The smallest absolute Gasteiger partial charge is 0.322 e. The van der Waals surface area contributed by atoms with E-state index in [-0.39, 0.29) is 17.9 Å². The highest BCUT2D eigenvalue weighted by Gasteiger charge is 2.27. The molecule has 5 nitrogen and oxygen atoms in total. The number of benzene rings is 2. The van der Waals surface area contributed by atoms with Gasteiger partial charge in [0.15, 0.2) is 0 Å². The molecule has 30 heavy (non-hydrogen) atoms. The van der Waals surface area contributed by atoms with Gasteiger partial charge in [-0.3, -0.25) is 0 Å². The highest BCUT2D eigenvalue weighted by molar-refractivity contribution is 5.89. The minimum absolute atomic E-state index is 0.135. The Morgan fingerprint density at radius 2 is 1.77 bits per heavy atom. The number of nitrogens with one attached hydrogen (secondary N) is 1. The Bertz CT molecular complexity index is 800. The molecule has 1 heterocycles. The van der Waals surface area contributed by atoms with Gasteiger partial charge in [-0.1, -0.05) is 26.0 Å². The molecule has 1 N–H and O–H groups in total. The summed E-state index contributed by atoms with van der Waals surface area (Å²) in [4.78, 5) is 17.3. The first kappa shape index (κ1) is 22.1. The fraction of sp³-hybridized carbons (Fsp3) is 0.458. The monoisotopic (exact) mass is 413 g/mol. The molecule has 1 aliphatic rings. The number of hydrogen-bond donors (Lipinski definition) is 1. The van der Waals surface area contributed by atoms with Gasteiger partial charge in [0.2, 0.25) is 0 Å². The number of carbonyl (C=O) groups is 1. The number of amides is 2. The fourth-order valence-corrected chi connectivity index (χ4v) is 3.55. The molecule has 3 rings (SSSR count). The lowest BCUT2D eigenvalue weighted by Crippen LogP contribution is -2.47. The Balaban J connectivity index is 1.68. The molecule has 2 amide bonds. The van der Waals surface area contributed by atoms with Crippen molar-refractivity contribution in [3.63, 3.8) is 0 Å². The van der Waals surface area contributed by atoms with Crippen LogP contribution >= 0.6 is 0 Å². The number of likely N-dealkylation sites (tertiary alicyclic amines) is 1. The molecule has 2 aromatic rings. The first-order chi connectivity index (χ1) is 14.4. The van der Waals surface area contributed by atoms with Crippen LogP contribution in [0, 0.1) is 11.7 Å². The van der Waals surface area contributed by atoms with Crippen molar-refractivity contribution in [1.29, 1.82) is 0 Å². The number of piperidine rings is 1. The molecular formula is C24H32FN3O2. The molecule has 0 spiro atoms. The van der Waals surface area contributed by atoms with Gasteiger partial charge in [-0.25, -0.2) is 9.18 Å². The number of carbonyl (C=O) groups excluding carboxylic acids is 1. The number of halogens is 1. The second-order valence-electron chi connectivity index (χ2n) is 8.45. The lowest BCUT2D eigenvalue weighted by atomic mass is 10.0. The van der Waals surface area contributed by atoms with Gasteiger partial charge in [0, 0.05) is 18.3 Å². The van der Waals surface area contributed by atoms with E-state index in [1.54, 1.807) is 12.1 Å². The number of urea groups is 1. The van der Waals surface area contributed by atoms with Crippen molar-refractivity contribution >= 4 is 11.7 Å². The van der Waals surface area contributed by atoms with E-state index in [2.05, 4.69) is 31.1 Å². The Kier molecular flexibility index (Phi) is 7.69. The summed E-state index contributed by atoms with van der Waals surface area (Å²) >= 11 is 0. The minimum Gasteiger partial charge on any atom is -0.493 e. The molecule has 0 saturated carbocycles. The third kappa shape index (κ3) is 6.46. The molecule has 1 saturated heterocycles. The topological polar surface area (TPSA) is 44.8 Å². The van der Waals surface area contributed by atoms with Crippen molar-refractivity contribution in [1.82, 2.24) is 9.80 Å². The number of ether oxygens (including phenoxy) is 1. The summed E-state index contributed by atoms with van der Waals surface area (Å²) in [5.41, 5.74) is 1.65. The van der Waals surface area contributed by atoms with Crippen molar-refractivity contribution in [2.45, 2.75) is 39.3 Å². The zero-order valence-electron chi connectivity index (χ0n) is 18.1. The van der Waals surface area contributed by atoms with Crippen LogP contribution < -0.4 is 10.1 Å². The van der Waals surface area contributed by atoms with Gasteiger partial charge in [0.1, 0.15) is 11.6 Å². The lowest BCUT2D eigenvalue weighted by Gasteiger charge is -2.37. The maximum absolute atomic E-state index is 13.3. The van der Waals surface area contributed by atoms with Crippen molar-refractivity contribution in [2.24, 2.45) is 5.92 Å². The second kappa shape index (κ2) is 10.4. The number of anilines is 1. The van der Waals surface area contributed by atoms with Crippen LogP contribution in [0.4, 0.5) is 14.9 Å². The molecule has 2 aromatic carbocycles. The zero-order valence-corrected chi connectivity index (χ0v) is 18.1. The lowest BCUT2D eigenvalue weighted by molar-refractivity contribution is 0.135. The van der Waals surface area contributed by atoms with Crippen molar-refractivity contribution in [3.8, 4) is 5.75 Å². The molecule has 0 unspecified atom stereocenters. The summed E-state index contributed by atoms with van der Waals surface area (Å²) in [5.74, 6) is 0.980. The van der Waals surface area contributed by atoms with Gasteiger partial charge < -0.3 is 19.9 Å². The van der Waals surface area contributed by atoms with Crippen molar-refractivity contribution < 1.29 is 13.9 Å². The van der Waals surface area contributed by atoms with Gasteiger partial charge in [0.25, 0.3) is 0 Å². The van der Waals surface area contributed by atoms with E-state index < -0.39 is 0 Å². The average molecular weight is 414 g/mol. The maximum Gasteiger partial charge on any atom is 0.322 e. The summed E-state index contributed by atoms with van der Waals surface area (Å²) in [5, 5.41) is 3.02. The molecule has 0 radical (unpaired) electrons. The summed E-state index contributed by atoms with van der Waals surface area (Å²) in [6, 6.07) is 13.8. The molecule has 1 aliphatic heterocycles.